The maximum Gasteiger partial charge on any atom is 0.303 e. The number of allylic oxidation sites excluding steroid dienone is 6. The van der Waals surface area contributed by atoms with Crippen LogP contribution < -0.4 is 0 Å². The molecular weight excluding hydrogens is 312 g/mol. The van der Waals surface area contributed by atoms with Crippen LogP contribution in [0.15, 0.2) is 33.9 Å². The van der Waals surface area contributed by atoms with Gasteiger partial charge in [-0.05, 0) is 68.7 Å². The fourth-order valence-corrected chi connectivity index (χ4v) is 4.79. The number of aliphatic carboxylic acids is 1. The van der Waals surface area contributed by atoms with E-state index in [1.54, 1.807) is 0 Å². The minimum absolute atomic E-state index is 0.142. The molecule has 1 N–H and O–H groups in total. The van der Waals surface area contributed by atoms with Gasteiger partial charge in [-0.15, -0.1) is 0 Å². The fraction of sp³-hybridized carbons (Fsp3) is 0.636. The smallest absolute Gasteiger partial charge is 0.303 e. The molecule has 1 fully saturated rings. The lowest BCUT2D eigenvalue weighted by Gasteiger charge is -2.32. The molecule has 136 valence electrons. The molecule has 3 heteroatoms. The summed E-state index contributed by atoms with van der Waals surface area (Å²) in [6.45, 7) is 6.51. The molecular formula is C22H30O3. The van der Waals surface area contributed by atoms with Crippen molar-refractivity contribution in [2.24, 2.45) is 11.3 Å². The number of carboxylic acids is 1. The van der Waals surface area contributed by atoms with Crippen molar-refractivity contribution in [3.05, 3.63) is 33.9 Å². The molecule has 25 heavy (non-hydrogen) atoms. The van der Waals surface area contributed by atoms with Gasteiger partial charge in [-0.1, -0.05) is 31.8 Å². The highest BCUT2D eigenvalue weighted by molar-refractivity contribution is 6.07. The van der Waals surface area contributed by atoms with E-state index in [1.807, 2.05) is 0 Å². The summed E-state index contributed by atoms with van der Waals surface area (Å²) in [7, 11) is 0. The third-order valence-electron chi connectivity index (χ3n) is 6.62. The molecule has 3 aliphatic rings. The SMILES string of the molecule is CC1=C(CCCCCCCC(=O)O)C2=C(C)C3(CC3)[C@H](C)C(=O)C2=C1. The second kappa shape index (κ2) is 6.93. The lowest BCUT2D eigenvalue weighted by atomic mass is 9.70. The van der Waals surface area contributed by atoms with E-state index < -0.39 is 5.97 Å². The Hall–Kier alpha value is -1.64. The van der Waals surface area contributed by atoms with E-state index in [9.17, 15) is 9.59 Å². The van der Waals surface area contributed by atoms with Gasteiger partial charge in [0.15, 0.2) is 5.78 Å². The monoisotopic (exact) mass is 342 g/mol. The van der Waals surface area contributed by atoms with Crippen molar-refractivity contribution in [2.75, 3.05) is 0 Å². The summed E-state index contributed by atoms with van der Waals surface area (Å²) in [5.74, 6) is -0.206. The molecule has 1 saturated carbocycles. The van der Waals surface area contributed by atoms with E-state index in [0.29, 0.717) is 5.78 Å². The van der Waals surface area contributed by atoms with Crippen LogP contribution in [0.4, 0.5) is 0 Å². The molecule has 0 bridgehead atoms. The molecule has 0 amide bonds. The topological polar surface area (TPSA) is 54.4 Å². The number of Topliss-reactive ketones (excluding diaryl/α,β-unsaturated/α-hetero) is 1. The second-order valence-electron chi connectivity index (χ2n) is 8.12. The molecule has 3 nitrogen and oxygen atoms in total. The number of unbranched alkanes of at least 4 members (excludes halogenated alkanes) is 4. The van der Waals surface area contributed by atoms with Crippen LogP contribution in [0.25, 0.3) is 0 Å². The molecule has 0 radical (unpaired) electrons. The zero-order valence-electron chi connectivity index (χ0n) is 15.8. The minimum Gasteiger partial charge on any atom is -0.481 e. The van der Waals surface area contributed by atoms with Gasteiger partial charge in [-0.3, -0.25) is 9.59 Å². The Morgan fingerprint density at radius 1 is 1.16 bits per heavy atom. The average molecular weight is 342 g/mol. The van der Waals surface area contributed by atoms with E-state index in [1.165, 1.54) is 35.1 Å². The van der Waals surface area contributed by atoms with Crippen molar-refractivity contribution in [2.45, 2.75) is 78.6 Å². The molecule has 0 heterocycles. The number of carboxylic acid groups (broad SMARTS) is 1. The summed E-state index contributed by atoms with van der Waals surface area (Å²) < 4.78 is 0. The Kier molecular flexibility index (Phi) is 5.04. The largest absolute Gasteiger partial charge is 0.481 e. The minimum atomic E-state index is -0.696. The Bertz CT molecular complexity index is 686. The molecule has 3 aliphatic carbocycles. The van der Waals surface area contributed by atoms with Crippen molar-refractivity contribution in [3.8, 4) is 0 Å². The number of carbonyl (C=O) groups excluding carboxylic acids is 1. The van der Waals surface area contributed by atoms with Gasteiger partial charge in [0.05, 0.1) is 0 Å². The molecule has 0 aromatic carbocycles. The van der Waals surface area contributed by atoms with Crippen LogP contribution in [-0.4, -0.2) is 16.9 Å². The van der Waals surface area contributed by atoms with Gasteiger partial charge in [0.25, 0.3) is 0 Å². The van der Waals surface area contributed by atoms with E-state index in [0.717, 1.165) is 44.1 Å². The fourth-order valence-electron chi connectivity index (χ4n) is 4.79. The van der Waals surface area contributed by atoms with Crippen LogP contribution in [0.2, 0.25) is 0 Å². The highest BCUT2D eigenvalue weighted by atomic mass is 16.4. The van der Waals surface area contributed by atoms with E-state index >= 15 is 0 Å². The lowest BCUT2D eigenvalue weighted by Crippen LogP contribution is -2.31. The van der Waals surface area contributed by atoms with Crippen LogP contribution in [0.1, 0.15) is 78.6 Å². The van der Waals surface area contributed by atoms with Gasteiger partial charge < -0.3 is 5.11 Å². The second-order valence-corrected chi connectivity index (χ2v) is 8.12. The van der Waals surface area contributed by atoms with Crippen molar-refractivity contribution < 1.29 is 14.7 Å². The van der Waals surface area contributed by atoms with Gasteiger partial charge in [0.1, 0.15) is 0 Å². The highest BCUT2D eigenvalue weighted by Crippen LogP contribution is 2.63. The van der Waals surface area contributed by atoms with E-state index in [-0.39, 0.29) is 17.8 Å². The summed E-state index contributed by atoms with van der Waals surface area (Å²) in [6, 6.07) is 0. The van der Waals surface area contributed by atoms with Gasteiger partial charge in [-0.2, -0.15) is 0 Å². The van der Waals surface area contributed by atoms with Gasteiger partial charge >= 0.3 is 5.97 Å². The summed E-state index contributed by atoms with van der Waals surface area (Å²) in [5, 5.41) is 8.67. The van der Waals surface area contributed by atoms with E-state index in [2.05, 4.69) is 26.8 Å². The first kappa shape index (κ1) is 18.2. The van der Waals surface area contributed by atoms with Crippen molar-refractivity contribution in [1.29, 1.82) is 0 Å². The predicted molar refractivity (Wildman–Crippen MR) is 99.3 cm³/mol. The Balaban J connectivity index is 1.60. The third-order valence-corrected chi connectivity index (χ3v) is 6.62. The predicted octanol–water partition coefficient (Wildman–Crippen LogP) is 5.37. The maximum atomic E-state index is 12.8. The Morgan fingerprint density at radius 2 is 1.80 bits per heavy atom. The number of fused-ring (bicyclic) bond motifs is 1. The molecule has 0 aromatic rings. The van der Waals surface area contributed by atoms with Gasteiger partial charge in [0, 0.05) is 23.3 Å². The zero-order chi connectivity index (χ0) is 18.2. The van der Waals surface area contributed by atoms with Crippen molar-refractivity contribution in [3.63, 3.8) is 0 Å². The highest BCUT2D eigenvalue weighted by Gasteiger charge is 2.56. The first-order valence-corrected chi connectivity index (χ1v) is 9.78. The summed E-state index contributed by atoms with van der Waals surface area (Å²) in [4.78, 5) is 23.4. The molecule has 0 saturated heterocycles. The molecule has 0 aromatic heterocycles. The number of hydrogen-bond acceptors (Lipinski definition) is 2. The van der Waals surface area contributed by atoms with Crippen LogP contribution in [0.5, 0.6) is 0 Å². The molecule has 0 unspecified atom stereocenters. The van der Waals surface area contributed by atoms with Crippen LogP contribution in [-0.2, 0) is 9.59 Å². The zero-order valence-corrected chi connectivity index (χ0v) is 15.8. The molecule has 0 aliphatic heterocycles. The maximum absolute atomic E-state index is 12.8. The number of hydrogen-bond donors (Lipinski definition) is 1. The molecule has 1 spiro atoms. The summed E-state index contributed by atoms with van der Waals surface area (Å²) >= 11 is 0. The quantitative estimate of drug-likeness (QED) is 0.603. The van der Waals surface area contributed by atoms with E-state index in [4.69, 9.17) is 5.11 Å². The summed E-state index contributed by atoms with van der Waals surface area (Å²) in [6.07, 6.45) is 10.9. The van der Waals surface area contributed by atoms with Crippen molar-refractivity contribution in [1.82, 2.24) is 0 Å². The third kappa shape index (κ3) is 3.26. The molecule has 3 rings (SSSR count). The molecule has 1 atom stereocenters. The van der Waals surface area contributed by atoms with Crippen LogP contribution >= 0.6 is 0 Å². The van der Waals surface area contributed by atoms with Crippen LogP contribution in [0, 0.1) is 11.3 Å². The average Bonchev–Trinajstić information content (AvgIpc) is 3.30. The van der Waals surface area contributed by atoms with Gasteiger partial charge in [0.2, 0.25) is 0 Å². The van der Waals surface area contributed by atoms with Crippen LogP contribution in [0.3, 0.4) is 0 Å². The lowest BCUT2D eigenvalue weighted by molar-refractivity contribution is -0.137. The summed E-state index contributed by atoms with van der Waals surface area (Å²) in [5.41, 5.74) is 6.54. The number of rotatable bonds is 8. The number of carbonyl (C=O) groups is 2. The Labute approximate surface area is 150 Å². The number of ketones is 1. The first-order valence-electron chi connectivity index (χ1n) is 9.78. The van der Waals surface area contributed by atoms with Gasteiger partial charge in [-0.25, -0.2) is 0 Å². The Morgan fingerprint density at radius 3 is 2.44 bits per heavy atom. The standard InChI is InChI=1S/C22H30O3/c1-14-13-18-20(15(2)22(11-12-22)16(3)21(18)25)17(14)9-7-5-4-6-8-10-19(23)24/h13,16H,4-12H2,1-3H3,(H,23,24)/t16-/m1/s1. The normalized spacial score (nSPS) is 24.0. The first-order chi connectivity index (χ1) is 11.9. The van der Waals surface area contributed by atoms with Crippen molar-refractivity contribution >= 4 is 11.8 Å².